The lowest BCUT2D eigenvalue weighted by Gasteiger charge is -2.29. The van der Waals surface area contributed by atoms with Crippen LogP contribution < -0.4 is 5.32 Å². The van der Waals surface area contributed by atoms with Gasteiger partial charge in [-0.1, -0.05) is 29.8 Å². The Balaban J connectivity index is 2.06. The smallest absolute Gasteiger partial charge is 0.123 e. The molecule has 112 valence electrons. The van der Waals surface area contributed by atoms with Crippen LogP contribution in [0.1, 0.15) is 25.8 Å². The van der Waals surface area contributed by atoms with E-state index < -0.39 is 0 Å². The summed E-state index contributed by atoms with van der Waals surface area (Å²) in [7, 11) is 0. The third-order valence-corrected chi connectivity index (χ3v) is 4.58. The molecule has 1 atom stereocenters. The van der Waals surface area contributed by atoms with E-state index in [1.165, 1.54) is 6.07 Å². The van der Waals surface area contributed by atoms with Gasteiger partial charge in [0.2, 0.25) is 0 Å². The van der Waals surface area contributed by atoms with E-state index in [1.807, 2.05) is 0 Å². The van der Waals surface area contributed by atoms with Gasteiger partial charge in [0.1, 0.15) is 5.82 Å². The van der Waals surface area contributed by atoms with Crippen LogP contribution in [0.3, 0.4) is 0 Å². The summed E-state index contributed by atoms with van der Waals surface area (Å²) in [5, 5.41) is 3.53. The van der Waals surface area contributed by atoms with Gasteiger partial charge >= 0.3 is 0 Å². The lowest BCUT2D eigenvalue weighted by atomic mass is 9.80. The number of benzene rings is 1. The summed E-state index contributed by atoms with van der Waals surface area (Å²) in [5.74, 6) is 0.461. The number of ether oxygens (including phenoxy) is 1. The van der Waals surface area contributed by atoms with Crippen LogP contribution in [0.25, 0.3) is 0 Å². The van der Waals surface area contributed by atoms with E-state index in [4.69, 9.17) is 4.74 Å². The van der Waals surface area contributed by atoms with Crippen LogP contribution in [0.15, 0.2) is 22.7 Å². The summed E-state index contributed by atoms with van der Waals surface area (Å²) < 4.78 is 20.0. The van der Waals surface area contributed by atoms with E-state index in [2.05, 4.69) is 35.1 Å². The van der Waals surface area contributed by atoms with Gasteiger partial charge in [0, 0.05) is 23.0 Å². The van der Waals surface area contributed by atoms with Crippen LogP contribution in [-0.4, -0.2) is 26.3 Å². The Bertz CT molecular complexity index is 444. The first-order valence-electron chi connectivity index (χ1n) is 7.23. The molecule has 1 aliphatic heterocycles. The predicted molar refractivity (Wildman–Crippen MR) is 83.4 cm³/mol. The molecule has 1 saturated heterocycles. The lowest BCUT2D eigenvalue weighted by molar-refractivity contribution is 0.148. The third kappa shape index (κ3) is 4.27. The van der Waals surface area contributed by atoms with Gasteiger partial charge in [0.05, 0.1) is 6.61 Å². The largest absolute Gasteiger partial charge is 0.381 e. The fourth-order valence-corrected chi connectivity index (χ4v) is 3.09. The average Bonchev–Trinajstić information content (AvgIpc) is 2.82. The highest BCUT2D eigenvalue weighted by atomic mass is 79.9. The third-order valence-electron chi connectivity index (χ3n) is 3.81. The maximum atomic E-state index is 13.4. The van der Waals surface area contributed by atoms with E-state index in [9.17, 15) is 4.39 Å². The molecule has 4 heteroatoms. The van der Waals surface area contributed by atoms with Crippen LogP contribution in [0.4, 0.5) is 4.39 Å². The second kappa shape index (κ2) is 7.01. The molecular weight excluding hydrogens is 321 g/mol. The van der Waals surface area contributed by atoms with E-state index >= 15 is 0 Å². The van der Waals surface area contributed by atoms with E-state index in [-0.39, 0.29) is 11.2 Å². The Morgan fingerprint density at radius 2 is 2.25 bits per heavy atom. The van der Waals surface area contributed by atoms with Gasteiger partial charge in [0.25, 0.3) is 0 Å². The standard InChI is InChI=1S/C16H23BrFNO/c1-12(2)9-19-10-16(5-6-20-11-16)8-13-7-14(18)3-4-15(13)17/h3-4,7,12,19H,5-6,8-11H2,1-2H3. The molecule has 20 heavy (non-hydrogen) atoms. The highest BCUT2D eigenvalue weighted by molar-refractivity contribution is 9.10. The maximum Gasteiger partial charge on any atom is 0.123 e. The van der Waals surface area contributed by atoms with Crippen molar-refractivity contribution < 1.29 is 9.13 Å². The van der Waals surface area contributed by atoms with Gasteiger partial charge in [-0.25, -0.2) is 4.39 Å². The Hall–Kier alpha value is -0.450. The molecule has 0 radical (unpaired) electrons. The highest BCUT2D eigenvalue weighted by Crippen LogP contribution is 2.34. The molecule has 1 aliphatic rings. The minimum Gasteiger partial charge on any atom is -0.381 e. The maximum absolute atomic E-state index is 13.4. The summed E-state index contributed by atoms with van der Waals surface area (Å²) in [6.07, 6.45) is 1.87. The quantitative estimate of drug-likeness (QED) is 0.848. The molecule has 0 bridgehead atoms. The van der Waals surface area contributed by atoms with E-state index in [1.54, 1.807) is 12.1 Å². The molecular formula is C16H23BrFNO. The zero-order chi connectivity index (χ0) is 14.6. The zero-order valence-electron chi connectivity index (χ0n) is 12.2. The molecule has 2 nitrogen and oxygen atoms in total. The van der Waals surface area contributed by atoms with Crippen molar-refractivity contribution in [2.24, 2.45) is 11.3 Å². The van der Waals surface area contributed by atoms with Crippen molar-refractivity contribution >= 4 is 15.9 Å². The molecule has 0 spiro atoms. The molecule has 0 aromatic heterocycles. The highest BCUT2D eigenvalue weighted by Gasteiger charge is 2.35. The van der Waals surface area contributed by atoms with Crippen LogP contribution in [0.2, 0.25) is 0 Å². The molecule has 1 fully saturated rings. The zero-order valence-corrected chi connectivity index (χ0v) is 13.8. The molecule has 1 N–H and O–H groups in total. The van der Waals surface area contributed by atoms with Gasteiger partial charge in [-0.2, -0.15) is 0 Å². The molecule has 2 rings (SSSR count). The number of hydrogen-bond acceptors (Lipinski definition) is 2. The summed E-state index contributed by atoms with van der Waals surface area (Å²) in [4.78, 5) is 0. The van der Waals surface area contributed by atoms with E-state index in [0.29, 0.717) is 5.92 Å². The number of halogens is 2. The molecule has 1 aromatic carbocycles. The summed E-state index contributed by atoms with van der Waals surface area (Å²) in [6, 6.07) is 4.91. The van der Waals surface area contributed by atoms with Crippen molar-refractivity contribution in [3.05, 3.63) is 34.1 Å². The van der Waals surface area contributed by atoms with Crippen LogP contribution in [0.5, 0.6) is 0 Å². The van der Waals surface area contributed by atoms with Gasteiger partial charge in [-0.3, -0.25) is 0 Å². The normalized spacial score (nSPS) is 22.6. The summed E-state index contributed by atoms with van der Waals surface area (Å²) >= 11 is 3.53. The summed E-state index contributed by atoms with van der Waals surface area (Å²) in [5.41, 5.74) is 1.12. The fourth-order valence-electron chi connectivity index (χ4n) is 2.70. The van der Waals surface area contributed by atoms with Crippen molar-refractivity contribution in [3.8, 4) is 0 Å². The van der Waals surface area contributed by atoms with Gasteiger partial charge in [-0.15, -0.1) is 0 Å². The van der Waals surface area contributed by atoms with Crippen molar-refractivity contribution in [1.82, 2.24) is 5.32 Å². The first-order chi connectivity index (χ1) is 9.51. The lowest BCUT2D eigenvalue weighted by Crippen LogP contribution is -2.38. The second-order valence-corrected chi connectivity index (χ2v) is 7.09. The first-order valence-corrected chi connectivity index (χ1v) is 8.02. The van der Waals surface area contributed by atoms with Crippen LogP contribution in [-0.2, 0) is 11.2 Å². The molecule has 1 heterocycles. The monoisotopic (exact) mass is 343 g/mol. The van der Waals surface area contributed by atoms with Gasteiger partial charge in [-0.05, 0) is 49.1 Å². The Morgan fingerprint density at radius 1 is 1.45 bits per heavy atom. The van der Waals surface area contributed by atoms with Crippen molar-refractivity contribution in [2.75, 3.05) is 26.3 Å². The van der Waals surface area contributed by atoms with Crippen molar-refractivity contribution in [2.45, 2.75) is 26.7 Å². The molecule has 1 unspecified atom stereocenters. The van der Waals surface area contributed by atoms with Crippen LogP contribution in [0, 0.1) is 17.2 Å². The Kier molecular flexibility index (Phi) is 5.58. The van der Waals surface area contributed by atoms with Gasteiger partial charge in [0.15, 0.2) is 0 Å². The second-order valence-electron chi connectivity index (χ2n) is 6.24. The average molecular weight is 344 g/mol. The number of rotatable bonds is 6. The van der Waals surface area contributed by atoms with Crippen molar-refractivity contribution in [3.63, 3.8) is 0 Å². The Labute approximate surface area is 129 Å². The SMILES string of the molecule is CC(C)CNCC1(Cc2cc(F)ccc2Br)CCOC1. The van der Waals surface area contributed by atoms with E-state index in [0.717, 1.165) is 49.2 Å². The molecule has 0 aliphatic carbocycles. The van der Waals surface area contributed by atoms with Gasteiger partial charge < -0.3 is 10.1 Å². The van der Waals surface area contributed by atoms with Crippen LogP contribution >= 0.6 is 15.9 Å². The molecule has 1 aromatic rings. The minimum atomic E-state index is -0.174. The first kappa shape index (κ1) is 15.9. The topological polar surface area (TPSA) is 21.3 Å². The summed E-state index contributed by atoms with van der Waals surface area (Å²) in [6.45, 7) is 7.89. The number of hydrogen-bond donors (Lipinski definition) is 1. The molecule has 0 saturated carbocycles. The Morgan fingerprint density at radius 3 is 2.90 bits per heavy atom. The number of nitrogens with one attached hydrogen (secondary N) is 1. The predicted octanol–water partition coefficient (Wildman–Crippen LogP) is 3.78. The minimum absolute atomic E-state index is 0.0885. The fraction of sp³-hybridized carbons (Fsp3) is 0.625. The molecule has 0 amide bonds. The van der Waals surface area contributed by atoms with Crippen molar-refractivity contribution in [1.29, 1.82) is 0 Å².